The molecule has 1 aliphatic heterocycles. The van der Waals surface area contributed by atoms with Crippen LogP contribution in [0, 0.1) is 0 Å². The van der Waals surface area contributed by atoms with Gasteiger partial charge in [0.1, 0.15) is 5.75 Å². The minimum absolute atomic E-state index is 0.0235. The molecule has 1 aliphatic rings. The van der Waals surface area contributed by atoms with Crippen molar-refractivity contribution in [3.05, 3.63) is 52.9 Å². The van der Waals surface area contributed by atoms with Gasteiger partial charge in [-0.1, -0.05) is 6.07 Å². The van der Waals surface area contributed by atoms with Crippen molar-refractivity contribution in [1.82, 2.24) is 0 Å². The van der Waals surface area contributed by atoms with Crippen molar-refractivity contribution in [2.75, 3.05) is 18.6 Å². The Morgan fingerprint density at radius 2 is 1.88 bits per heavy atom. The Hall–Kier alpha value is -2.93. The highest BCUT2D eigenvalue weighted by atomic mass is 32.2. The summed E-state index contributed by atoms with van der Waals surface area (Å²) in [5.74, 6) is 0.603. The molecule has 0 aliphatic carbocycles. The molecule has 1 saturated heterocycles. The summed E-state index contributed by atoms with van der Waals surface area (Å²) in [6.07, 6.45) is 1.61. The van der Waals surface area contributed by atoms with Crippen molar-refractivity contribution in [2.24, 2.45) is 0 Å². The minimum Gasteiger partial charge on any atom is -0.504 e. The molecule has 134 valence electrons. The van der Waals surface area contributed by atoms with Crippen LogP contribution in [0.15, 0.2) is 47.4 Å². The number of amides is 2. The van der Waals surface area contributed by atoms with Crippen LogP contribution in [-0.4, -0.2) is 30.0 Å². The Bertz CT molecular complexity index is 876. The van der Waals surface area contributed by atoms with E-state index in [0.717, 1.165) is 16.7 Å². The number of rotatable bonds is 5. The zero-order chi connectivity index (χ0) is 18.7. The van der Waals surface area contributed by atoms with E-state index in [-0.39, 0.29) is 11.0 Å². The number of imide groups is 1. The summed E-state index contributed by atoms with van der Waals surface area (Å²) < 4.78 is 10.4. The van der Waals surface area contributed by atoms with E-state index in [9.17, 15) is 14.7 Å². The summed E-state index contributed by atoms with van der Waals surface area (Å²) in [5, 5.41) is 9.40. The van der Waals surface area contributed by atoms with Crippen LogP contribution in [0.2, 0.25) is 0 Å². The third-order valence-electron chi connectivity index (χ3n) is 3.71. The maximum atomic E-state index is 12.7. The monoisotopic (exact) mass is 371 g/mol. The third kappa shape index (κ3) is 3.52. The summed E-state index contributed by atoms with van der Waals surface area (Å²) in [4.78, 5) is 26.4. The first-order valence-corrected chi connectivity index (χ1v) is 8.73. The number of phenols is 1. The second-order valence-electron chi connectivity index (χ2n) is 5.38. The average molecular weight is 371 g/mol. The molecule has 0 aromatic heterocycles. The lowest BCUT2D eigenvalue weighted by Gasteiger charge is -2.12. The number of aromatic hydroxyl groups is 1. The highest BCUT2D eigenvalue weighted by Gasteiger charge is 2.36. The Balaban J connectivity index is 1.88. The van der Waals surface area contributed by atoms with Crippen LogP contribution in [0.1, 0.15) is 12.5 Å². The Morgan fingerprint density at radius 1 is 1.15 bits per heavy atom. The van der Waals surface area contributed by atoms with Gasteiger partial charge in [0.05, 0.1) is 24.3 Å². The Labute approximate surface area is 155 Å². The predicted molar refractivity (Wildman–Crippen MR) is 101 cm³/mol. The number of phenolic OH excluding ortho intramolecular Hbond substituents is 1. The summed E-state index contributed by atoms with van der Waals surface area (Å²) in [6, 6.07) is 11.5. The molecule has 2 aromatic carbocycles. The molecule has 0 atom stereocenters. The Morgan fingerprint density at radius 3 is 2.54 bits per heavy atom. The molecule has 1 fully saturated rings. The first-order chi connectivity index (χ1) is 12.5. The molecular weight excluding hydrogens is 354 g/mol. The molecule has 0 unspecified atom stereocenters. The second-order valence-corrected chi connectivity index (χ2v) is 6.37. The van der Waals surface area contributed by atoms with Gasteiger partial charge in [0.2, 0.25) is 0 Å². The van der Waals surface area contributed by atoms with Gasteiger partial charge in [-0.05, 0) is 66.7 Å². The highest BCUT2D eigenvalue weighted by molar-refractivity contribution is 8.19. The average Bonchev–Trinajstić information content (AvgIpc) is 2.92. The van der Waals surface area contributed by atoms with Crippen molar-refractivity contribution in [2.45, 2.75) is 6.92 Å². The lowest BCUT2D eigenvalue weighted by molar-refractivity contribution is -0.113. The first-order valence-electron chi connectivity index (χ1n) is 7.91. The molecule has 0 radical (unpaired) electrons. The van der Waals surface area contributed by atoms with E-state index in [0.29, 0.717) is 34.3 Å². The second kappa shape index (κ2) is 7.53. The van der Waals surface area contributed by atoms with E-state index < -0.39 is 5.91 Å². The summed E-state index contributed by atoms with van der Waals surface area (Å²) in [7, 11) is 1.55. The van der Waals surface area contributed by atoms with Crippen LogP contribution in [0.4, 0.5) is 10.5 Å². The summed E-state index contributed by atoms with van der Waals surface area (Å²) in [5.41, 5.74) is 1.14. The van der Waals surface area contributed by atoms with E-state index in [1.54, 1.807) is 49.6 Å². The van der Waals surface area contributed by atoms with Gasteiger partial charge < -0.3 is 14.6 Å². The zero-order valence-electron chi connectivity index (χ0n) is 14.3. The number of thioether (sulfide) groups is 1. The van der Waals surface area contributed by atoms with Crippen LogP contribution in [-0.2, 0) is 4.79 Å². The van der Waals surface area contributed by atoms with E-state index in [2.05, 4.69) is 0 Å². The smallest absolute Gasteiger partial charge is 0.298 e. The zero-order valence-corrected chi connectivity index (χ0v) is 15.1. The molecular formula is C19H17NO5S. The number of anilines is 1. The largest absolute Gasteiger partial charge is 0.504 e. The molecule has 26 heavy (non-hydrogen) atoms. The van der Waals surface area contributed by atoms with Gasteiger partial charge in [0, 0.05) is 0 Å². The number of nitrogens with zero attached hydrogens (tertiary/aromatic N) is 1. The molecule has 7 heteroatoms. The quantitative estimate of drug-likeness (QED) is 0.800. The molecule has 1 heterocycles. The fourth-order valence-electron chi connectivity index (χ4n) is 2.46. The van der Waals surface area contributed by atoms with Crippen LogP contribution in [0.25, 0.3) is 6.08 Å². The predicted octanol–water partition coefficient (Wildman–Crippen LogP) is 4.04. The minimum atomic E-state index is -0.392. The molecule has 3 rings (SSSR count). The SMILES string of the molecule is CCOc1cc(/C=C2\SC(=O)N(c3ccc(OC)cc3)C2=O)ccc1O. The molecule has 0 bridgehead atoms. The molecule has 1 N–H and O–H groups in total. The van der Waals surface area contributed by atoms with Crippen molar-refractivity contribution < 1.29 is 24.2 Å². The van der Waals surface area contributed by atoms with Gasteiger partial charge in [-0.15, -0.1) is 0 Å². The van der Waals surface area contributed by atoms with Crippen molar-refractivity contribution in [3.63, 3.8) is 0 Å². The molecule has 6 nitrogen and oxygen atoms in total. The van der Waals surface area contributed by atoms with Crippen LogP contribution >= 0.6 is 11.8 Å². The number of hydrogen-bond donors (Lipinski definition) is 1. The molecule has 0 spiro atoms. The lowest BCUT2D eigenvalue weighted by Crippen LogP contribution is -2.27. The normalized spacial score (nSPS) is 15.6. The number of benzene rings is 2. The van der Waals surface area contributed by atoms with Gasteiger partial charge in [-0.25, -0.2) is 4.90 Å². The van der Waals surface area contributed by atoms with Crippen molar-refractivity contribution in [3.8, 4) is 17.2 Å². The van der Waals surface area contributed by atoms with E-state index in [1.807, 2.05) is 6.92 Å². The third-order valence-corrected chi connectivity index (χ3v) is 4.58. The van der Waals surface area contributed by atoms with E-state index >= 15 is 0 Å². The number of ether oxygens (including phenoxy) is 2. The van der Waals surface area contributed by atoms with E-state index in [4.69, 9.17) is 9.47 Å². The van der Waals surface area contributed by atoms with Crippen molar-refractivity contribution >= 4 is 34.7 Å². The van der Waals surface area contributed by atoms with Gasteiger partial charge in [-0.3, -0.25) is 9.59 Å². The molecule has 0 saturated carbocycles. The highest BCUT2D eigenvalue weighted by Crippen LogP contribution is 2.37. The number of hydrogen-bond acceptors (Lipinski definition) is 6. The maximum absolute atomic E-state index is 12.7. The topological polar surface area (TPSA) is 76.1 Å². The van der Waals surface area contributed by atoms with Crippen LogP contribution < -0.4 is 14.4 Å². The van der Waals surface area contributed by atoms with Gasteiger partial charge in [0.25, 0.3) is 11.1 Å². The van der Waals surface area contributed by atoms with Crippen LogP contribution in [0.3, 0.4) is 0 Å². The fourth-order valence-corrected chi connectivity index (χ4v) is 3.31. The van der Waals surface area contributed by atoms with Gasteiger partial charge in [0.15, 0.2) is 11.5 Å². The van der Waals surface area contributed by atoms with Gasteiger partial charge in [-0.2, -0.15) is 0 Å². The summed E-state index contributed by atoms with van der Waals surface area (Å²) >= 11 is 0.869. The number of carbonyl (C=O) groups excluding carboxylic acids is 2. The van der Waals surface area contributed by atoms with Crippen LogP contribution in [0.5, 0.6) is 17.2 Å². The Kier molecular flexibility index (Phi) is 5.18. The fraction of sp³-hybridized carbons (Fsp3) is 0.158. The number of methoxy groups -OCH3 is 1. The number of carbonyl (C=O) groups is 2. The first kappa shape index (κ1) is 17.9. The molecule has 2 amide bonds. The van der Waals surface area contributed by atoms with Gasteiger partial charge >= 0.3 is 0 Å². The summed E-state index contributed by atoms with van der Waals surface area (Å²) in [6.45, 7) is 2.22. The lowest BCUT2D eigenvalue weighted by atomic mass is 10.2. The van der Waals surface area contributed by atoms with Crippen molar-refractivity contribution in [1.29, 1.82) is 0 Å². The van der Waals surface area contributed by atoms with E-state index in [1.165, 1.54) is 6.07 Å². The standard InChI is InChI=1S/C19H17NO5S/c1-3-25-16-10-12(4-9-15(16)21)11-17-18(22)20(19(23)26-17)13-5-7-14(24-2)8-6-13/h4-11,21H,3H2,1-2H3/b17-11-. The maximum Gasteiger partial charge on any atom is 0.298 e. The molecule has 2 aromatic rings.